The van der Waals surface area contributed by atoms with Gasteiger partial charge in [-0.15, -0.1) is 0 Å². The number of rotatable bonds is 1. The van der Waals surface area contributed by atoms with Crippen molar-refractivity contribution in [1.82, 2.24) is 4.90 Å². The van der Waals surface area contributed by atoms with Crippen LogP contribution in [0, 0.1) is 0 Å². The Morgan fingerprint density at radius 3 is 2.69 bits per heavy atom. The fourth-order valence-corrected chi connectivity index (χ4v) is 2.72. The van der Waals surface area contributed by atoms with Crippen molar-refractivity contribution >= 4 is 5.97 Å². The van der Waals surface area contributed by atoms with Crippen LogP contribution in [0.3, 0.4) is 0 Å². The summed E-state index contributed by atoms with van der Waals surface area (Å²) in [5.74, 6) is -0.619. The van der Waals surface area contributed by atoms with Gasteiger partial charge in [-0.3, -0.25) is 9.69 Å². The molecule has 2 saturated heterocycles. The first-order chi connectivity index (χ1) is 6.29. The lowest BCUT2D eigenvalue weighted by Crippen LogP contribution is -2.52. The second kappa shape index (κ2) is 3.66. The fraction of sp³-hybridized carbons (Fsp3) is 0.900. The van der Waals surface area contributed by atoms with E-state index in [4.69, 9.17) is 5.11 Å². The van der Waals surface area contributed by atoms with Gasteiger partial charge in [-0.2, -0.15) is 0 Å². The first-order valence-electron chi connectivity index (χ1n) is 5.27. The van der Waals surface area contributed by atoms with Gasteiger partial charge in [-0.25, -0.2) is 0 Å². The summed E-state index contributed by atoms with van der Waals surface area (Å²) in [6, 6.07) is 0.391. The lowest BCUT2D eigenvalue weighted by molar-refractivity contribution is -0.147. The molecule has 2 atom stereocenters. The van der Waals surface area contributed by atoms with Crippen LogP contribution in [0.15, 0.2) is 0 Å². The van der Waals surface area contributed by atoms with E-state index in [0.29, 0.717) is 6.04 Å². The van der Waals surface area contributed by atoms with Gasteiger partial charge in [0.2, 0.25) is 0 Å². The molecule has 1 N–H and O–H groups in total. The molecular weight excluding hydrogens is 166 g/mol. The van der Waals surface area contributed by atoms with Gasteiger partial charge in [-0.1, -0.05) is 6.42 Å². The van der Waals surface area contributed by atoms with Gasteiger partial charge in [0, 0.05) is 6.04 Å². The Labute approximate surface area is 78.7 Å². The standard InChI is InChI=1S/C10H17NO2/c12-10(13)9-6-3-5-8-4-1-2-7-11(8)9/h8-9H,1-7H2,(H,12,13). The number of fused-ring (bicyclic) bond motifs is 1. The molecule has 74 valence electrons. The highest BCUT2D eigenvalue weighted by Gasteiger charge is 2.35. The molecule has 3 heteroatoms. The van der Waals surface area contributed by atoms with Gasteiger partial charge in [0.25, 0.3) is 0 Å². The second-order valence-corrected chi connectivity index (χ2v) is 4.17. The first-order valence-corrected chi connectivity index (χ1v) is 5.27. The molecule has 0 aliphatic carbocycles. The summed E-state index contributed by atoms with van der Waals surface area (Å²) in [7, 11) is 0. The molecule has 0 saturated carbocycles. The second-order valence-electron chi connectivity index (χ2n) is 4.17. The molecule has 2 aliphatic heterocycles. The number of carboxylic acid groups (broad SMARTS) is 1. The minimum absolute atomic E-state index is 0.181. The number of hydrogen-bond donors (Lipinski definition) is 1. The fourth-order valence-electron chi connectivity index (χ4n) is 2.72. The maximum absolute atomic E-state index is 11.0. The Kier molecular flexibility index (Phi) is 2.54. The lowest BCUT2D eigenvalue weighted by atomic mass is 9.89. The van der Waals surface area contributed by atoms with Crippen LogP contribution in [-0.4, -0.2) is 34.6 Å². The molecule has 2 unspecified atom stereocenters. The predicted octanol–water partition coefficient (Wildman–Crippen LogP) is 1.48. The van der Waals surface area contributed by atoms with E-state index in [-0.39, 0.29) is 6.04 Å². The highest BCUT2D eigenvalue weighted by molar-refractivity contribution is 5.73. The van der Waals surface area contributed by atoms with Crippen LogP contribution in [0.2, 0.25) is 0 Å². The van der Waals surface area contributed by atoms with Gasteiger partial charge < -0.3 is 5.11 Å². The number of hydrogen-bond acceptors (Lipinski definition) is 2. The van der Waals surface area contributed by atoms with E-state index in [1.54, 1.807) is 0 Å². The topological polar surface area (TPSA) is 40.5 Å². The Hall–Kier alpha value is -0.570. The quantitative estimate of drug-likeness (QED) is 0.669. The molecular formula is C10H17NO2. The molecule has 0 spiro atoms. The molecule has 13 heavy (non-hydrogen) atoms. The monoisotopic (exact) mass is 183 g/mol. The Morgan fingerprint density at radius 1 is 1.15 bits per heavy atom. The molecule has 3 nitrogen and oxygen atoms in total. The van der Waals surface area contributed by atoms with E-state index in [1.165, 1.54) is 25.7 Å². The maximum atomic E-state index is 11.0. The summed E-state index contributed by atoms with van der Waals surface area (Å²) in [6.07, 6.45) is 6.84. The van der Waals surface area contributed by atoms with Crippen molar-refractivity contribution in [3.63, 3.8) is 0 Å². The molecule has 2 fully saturated rings. The molecule has 0 aromatic rings. The largest absolute Gasteiger partial charge is 0.480 e. The van der Waals surface area contributed by atoms with Crippen LogP contribution < -0.4 is 0 Å². The first kappa shape index (κ1) is 9.00. The van der Waals surface area contributed by atoms with Crippen molar-refractivity contribution in [2.24, 2.45) is 0 Å². The summed E-state index contributed by atoms with van der Waals surface area (Å²) in [6.45, 7) is 1.00. The Morgan fingerprint density at radius 2 is 1.92 bits per heavy atom. The van der Waals surface area contributed by atoms with Crippen LogP contribution in [0.4, 0.5) is 0 Å². The van der Waals surface area contributed by atoms with Crippen molar-refractivity contribution in [1.29, 1.82) is 0 Å². The molecule has 0 radical (unpaired) electrons. The molecule has 0 bridgehead atoms. The zero-order valence-electron chi connectivity index (χ0n) is 7.91. The average molecular weight is 183 g/mol. The zero-order valence-corrected chi connectivity index (χ0v) is 7.91. The number of carboxylic acids is 1. The lowest BCUT2D eigenvalue weighted by Gasteiger charge is -2.43. The van der Waals surface area contributed by atoms with E-state index in [1.807, 2.05) is 0 Å². The Balaban J connectivity index is 2.06. The third kappa shape index (κ3) is 1.70. The third-order valence-corrected chi connectivity index (χ3v) is 3.37. The van der Waals surface area contributed by atoms with Gasteiger partial charge in [0.05, 0.1) is 0 Å². The summed E-state index contributed by atoms with van der Waals surface area (Å²) in [5.41, 5.74) is 0. The van der Waals surface area contributed by atoms with Crippen LogP contribution >= 0.6 is 0 Å². The molecule has 2 aliphatic rings. The highest BCUT2D eigenvalue weighted by Crippen LogP contribution is 2.29. The van der Waals surface area contributed by atoms with E-state index in [0.717, 1.165) is 19.4 Å². The predicted molar refractivity (Wildman–Crippen MR) is 49.6 cm³/mol. The van der Waals surface area contributed by atoms with Gasteiger partial charge >= 0.3 is 5.97 Å². The van der Waals surface area contributed by atoms with Gasteiger partial charge in [0.1, 0.15) is 6.04 Å². The SMILES string of the molecule is O=C(O)C1CCCC2CCCCN21. The van der Waals surface area contributed by atoms with Gasteiger partial charge in [-0.05, 0) is 38.6 Å². The highest BCUT2D eigenvalue weighted by atomic mass is 16.4. The van der Waals surface area contributed by atoms with Gasteiger partial charge in [0.15, 0.2) is 0 Å². The van der Waals surface area contributed by atoms with E-state index in [9.17, 15) is 4.79 Å². The number of carbonyl (C=O) groups is 1. The van der Waals surface area contributed by atoms with Crippen molar-refractivity contribution in [2.45, 2.75) is 50.6 Å². The Bertz CT molecular complexity index is 203. The molecule has 0 aromatic heterocycles. The normalized spacial score (nSPS) is 35.4. The van der Waals surface area contributed by atoms with Crippen LogP contribution in [0.1, 0.15) is 38.5 Å². The summed E-state index contributed by atoms with van der Waals surface area (Å²) in [5, 5.41) is 9.04. The number of aliphatic carboxylic acids is 1. The molecule has 0 aromatic carbocycles. The van der Waals surface area contributed by atoms with Crippen LogP contribution in [0.25, 0.3) is 0 Å². The van der Waals surface area contributed by atoms with Crippen molar-refractivity contribution in [3.8, 4) is 0 Å². The smallest absolute Gasteiger partial charge is 0.320 e. The van der Waals surface area contributed by atoms with Crippen molar-refractivity contribution in [3.05, 3.63) is 0 Å². The summed E-state index contributed by atoms with van der Waals surface area (Å²) >= 11 is 0. The van der Waals surface area contributed by atoms with Crippen molar-refractivity contribution < 1.29 is 9.90 Å². The summed E-state index contributed by atoms with van der Waals surface area (Å²) < 4.78 is 0. The van der Waals surface area contributed by atoms with E-state index >= 15 is 0 Å². The van der Waals surface area contributed by atoms with Crippen LogP contribution in [0.5, 0.6) is 0 Å². The number of piperidine rings is 2. The van der Waals surface area contributed by atoms with Crippen LogP contribution in [-0.2, 0) is 4.79 Å². The molecule has 0 amide bonds. The minimum Gasteiger partial charge on any atom is -0.480 e. The minimum atomic E-state index is -0.619. The molecule has 2 heterocycles. The number of nitrogens with zero attached hydrogens (tertiary/aromatic N) is 1. The third-order valence-electron chi connectivity index (χ3n) is 3.37. The van der Waals surface area contributed by atoms with Crippen molar-refractivity contribution in [2.75, 3.05) is 6.54 Å². The van der Waals surface area contributed by atoms with E-state index < -0.39 is 5.97 Å². The molecule has 2 rings (SSSR count). The maximum Gasteiger partial charge on any atom is 0.320 e. The average Bonchev–Trinajstić information content (AvgIpc) is 2.17. The zero-order chi connectivity index (χ0) is 9.26. The van der Waals surface area contributed by atoms with E-state index in [2.05, 4.69) is 4.90 Å². The summed E-state index contributed by atoms with van der Waals surface area (Å²) in [4.78, 5) is 13.2.